The van der Waals surface area contributed by atoms with Crippen molar-refractivity contribution in [3.8, 4) is 28.4 Å². The number of para-hydroxylation sites is 1. The van der Waals surface area contributed by atoms with Crippen molar-refractivity contribution in [1.29, 1.82) is 0 Å². The van der Waals surface area contributed by atoms with Gasteiger partial charge in [-0.1, -0.05) is 42.0 Å². The number of carbonyl (C=O) groups excluding carboxylic acids is 2. The fraction of sp³-hybridized carbons (Fsp3) is 0.235. The van der Waals surface area contributed by atoms with E-state index in [1.807, 2.05) is 75.4 Å². The number of hydrogen-bond acceptors (Lipinski definition) is 7. The average Bonchev–Trinajstić information content (AvgIpc) is 2.99. The predicted octanol–water partition coefficient (Wildman–Crippen LogP) is 6.11. The monoisotopic (exact) mass is 565 g/mol. The van der Waals surface area contributed by atoms with E-state index in [1.165, 1.54) is 0 Å². The van der Waals surface area contributed by atoms with Crippen LogP contribution in [0.25, 0.3) is 11.1 Å². The van der Waals surface area contributed by atoms with Gasteiger partial charge in [-0.25, -0.2) is 4.79 Å². The van der Waals surface area contributed by atoms with Crippen LogP contribution in [0.3, 0.4) is 0 Å². The number of nitrogens with two attached hydrogens (primary N) is 1. The molecule has 8 nitrogen and oxygen atoms in total. The molecule has 0 saturated heterocycles. The lowest BCUT2D eigenvalue weighted by Gasteiger charge is -2.40. The smallest absolute Gasteiger partial charge is 0.343 e. The Morgan fingerprint density at radius 3 is 2.33 bits per heavy atom. The largest absolute Gasteiger partial charge is 0.496 e. The number of hydrogen-bond donors (Lipinski definition) is 2. The van der Waals surface area contributed by atoms with Crippen LogP contribution in [-0.4, -0.2) is 38.7 Å². The van der Waals surface area contributed by atoms with Crippen molar-refractivity contribution in [2.24, 2.45) is 5.73 Å². The third kappa shape index (κ3) is 5.17. The van der Waals surface area contributed by atoms with Gasteiger partial charge in [0, 0.05) is 29.8 Å². The molecule has 1 aliphatic heterocycles. The number of rotatable bonds is 7. The summed E-state index contributed by atoms with van der Waals surface area (Å²) in [5.74, 6) is 0.903. The highest BCUT2D eigenvalue weighted by Crippen LogP contribution is 2.48. The standard InChI is InChI=1S/C34H35N3O5/c1-20-10-9-11-21(18-20)32(38)42-22-14-15-23(28(19-22)41-6)24-16-17-26-31(37(4)33(39)34(2,3)36-26)29(24)30(35)25-12-7-8-13-27(25)40-5/h7-19,30,36H,35H2,1-6H3. The lowest BCUT2D eigenvalue weighted by molar-refractivity contribution is -0.121. The summed E-state index contributed by atoms with van der Waals surface area (Å²) in [5.41, 5.74) is 12.1. The molecule has 4 aromatic carbocycles. The minimum Gasteiger partial charge on any atom is -0.496 e. The van der Waals surface area contributed by atoms with Crippen LogP contribution in [0.4, 0.5) is 11.4 Å². The number of fused-ring (bicyclic) bond motifs is 1. The molecule has 0 radical (unpaired) electrons. The highest BCUT2D eigenvalue weighted by molar-refractivity contribution is 6.09. The van der Waals surface area contributed by atoms with Crippen LogP contribution in [0.15, 0.2) is 78.9 Å². The van der Waals surface area contributed by atoms with Crippen molar-refractivity contribution in [2.75, 3.05) is 31.5 Å². The normalized spacial score (nSPS) is 14.5. The summed E-state index contributed by atoms with van der Waals surface area (Å²) in [5, 5.41) is 3.38. The van der Waals surface area contributed by atoms with Crippen molar-refractivity contribution in [3.05, 3.63) is 101 Å². The summed E-state index contributed by atoms with van der Waals surface area (Å²) in [6.45, 7) is 5.62. The molecule has 8 heteroatoms. The van der Waals surface area contributed by atoms with Gasteiger partial charge in [0.05, 0.1) is 37.2 Å². The summed E-state index contributed by atoms with van der Waals surface area (Å²) in [7, 11) is 4.92. The van der Waals surface area contributed by atoms with Gasteiger partial charge < -0.3 is 30.2 Å². The summed E-state index contributed by atoms with van der Waals surface area (Å²) >= 11 is 0. The first-order valence-electron chi connectivity index (χ1n) is 13.6. The summed E-state index contributed by atoms with van der Waals surface area (Å²) in [6.07, 6.45) is 0. The predicted molar refractivity (Wildman–Crippen MR) is 165 cm³/mol. The molecule has 1 atom stereocenters. The molecule has 216 valence electrons. The summed E-state index contributed by atoms with van der Waals surface area (Å²) in [6, 6.07) is 23.3. The van der Waals surface area contributed by atoms with Gasteiger partial charge in [0.2, 0.25) is 0 Å². The Morgan fingerprint density at radius 2 is 1.62 bits per heavy atom. The lowest BCUT2D eigenvalue weighted by atomic mass is 9.86. The van der Waals surface area contributed by atoms with E-state index in [9.17, 15) is 9.59 Å². The maximum atomic E-state index is 13.4. The van der Waals surface area contributed by atoms with E-state index in [4.69, 9.17) is 19.9 Å². The van der Waals surface area contributed by atoms with Gasteiger partial charge in [-0.2, -0.15) is 0 Å². The zero-order chi connectivity index (χ0) is 30.2. The highest BCUT2D eigenvalue weighted by Gasteiger charge is 2.40. The number of benzene rings is 4. The van der Waals surface area contributed by atoms with E-state index < -0.39 is 17.6 Å². The first kappa shape index (κ1) is 28.7. The third-order valence-corrected chi connectivity index (χ3v) is 7.55. The zero-order valence-corrected chi connectivity index (χ0v) is 24.6. The maximum absolute atomic E-state index is 13.4. The van der Waals surface area contributed by atoms with Gasteiger partial charge in [-0.05, 0) is 62.7 Å². The van der Waals surface area contributed by atoms with Crippen LogP contribution in [0.5, 0.6) is 17.2 Å². The quantitative estimate of drug-likeness (QED) is 0.206. The Morgan fingerprint density at radius 1 is 0.905 bits per heavy atom. The number of methoxy groups -OCH3 is 2. The molecule has 0 spiro atoms. The first-order chi connectivity index (χ1) is 20.1. The topological polar surface area (TPSA) is 103 Å². The van der Waals surface area contributed by atoms with E-state index in [0.717, 1.165) is 33.5 Å². The first-order valence-corrected chi connectivity index (χ1v) is 13.6. The number of esters is 1. The second-order valence-corrected chi connectivity index (χ2v) is 10.9. The van der Waals surface area contributed by atoms with E-state index in [0.29, 0.717) is 28.5 Å². The molecule has 5 rings (SSSR count). The van der Waals surface area contributed by atoms with Crippen molar-refractivity contribution < 1.29 is 23.8 Å². The lowest BCUT2D eigenvalue weighted by Crippen LogP contribution is -2.52. The molecule has 1 amide bonds. The van der Waals surface area contributed by atoms with Crippen molar-refractivity contribution in [1.82, 2.24) is 0 Å². The van der Waals surface area contributed by atoms with E-state index in [-0.39, 0.29) is 5.91 Å². The van der Waals surface area contributed by atoms with Gasteiger partial charge >= 0.3 is 5.97 Å². The van der Waals surface area contributed by atoms with Crippen LogP contribution in [-0.2, 0) is 4.79 Å². The van der Waals surface area contributed by atoms with Crippen LogP contribution in [0.2, 0.25) is 0 Å². The molecule has 0 bridgehead atoms. The van der Waals surface area contributed by atoms with Gasteiger partial charge in [-0.15, -0.1) is 0 Å². The van der Waals surface area contributed by atoms with Gasteiger partial charge in [0.1, 0.15) is 22.8 Å². The van der Waals surface area contributed by atoms with E-state index in [2.05, 4.69) is 5.32 Å². The van der Waals surface area contributed by atoms with E-state index >= 15 is 0 Å². The van der Waals surface area contributed by atoms with Crippen molar-refractivity contribution >= 4 is 23.3 Å². The van der Waals surface area contributed by atoms with Crippen LogP contribution in [0, 0.1) is 6.92 Å². The second-order valence-electron chi connectivity index (χ2n) is 10.9. The fourth-order valence-electron chi connectivity index (χ4n) is 5.51. The molecule has 0 aromatic heterocycles. The van der Waals surface area contributed by atoms with Crippen LogP contribution in [0.1, 0.15) is 46.9 Å². The Hall–Kier alpha value is -4.82. The third-order valence-electron chi connectivity index (χ3n) is 7.55. The Kier molecular flexibility index (Phi) is 7.67. The van der Waals surface area contributed by atoms with E-state index in [1.54, 1.807) is 50.4 Å². The highest BCUT2D eigenvalue weighted by atomic mass is 16.5. The minimum absolute atomic E-state index is 0.0917. The average molecular weight is 566 g/mol. The van der Waals surface area contributed by atoms with Crippen molar-refractivity contribution in [3.63, 3.8) is 0 Å². The molecule has 0 aliphatic carbocycles. The Labute approximate surface area is 246 Å². The molecule has 0 saturated carbocycles. The molecule has 4 aromatic rings. The fourth-order valence-corrected chi connectivity index (χ4v) is 5.51. The second kappa shape index (κ2) is 11.2. The zero-order valence-electron chi connectivity index (χ0n) is 24.6. The number of aryl methyl sites for hydroxylation is 1. The molecular formula is C34H35N3O5. The number of amides is 1. The number of carbonyl (C=O) groups is 2. The number of nitrogens with zero attached hydrogens (tertiary/aromatic N) is 1. The Balaban J connectivity index is 1.66. The SMILES string of the molecule is COc1cc(OC(=O)c2cccc(C)c2)ccc1-c1ccc2c(c1C(N)c1ccccc1OC)N(C)C(=O)C(C)(C)N2. The number of anilines is 2. The van der Waals surface area contributed by atoms with Crippen LogP contribution >= 0.6 is 0 Å². The number of ether oxygens (including phenoxy) is 3. The molecule has 1 heterocycles. The van der Waals surface area contributed by atoms with Gasteiger partial charge in [-0.3, -0.25) is 4.79 Å². The summed E-state index contributed by atoms with van der Waals surface area (Å²) < 4.78 is 17.1. The molecule has 42 heavy (non-hydrogen) atoms. The molecular weight excluding hydrogens is 530 g/mol. The molecule has 3 N–H and O–H groups in total. The van der Waals surface area contributed by atoms with Gasteiger partial charge in [0.15, 0.2) is 0 Å². The van der Waals surface area contributed by atoms with Crippen molar-refractivity contribution in [2.45, 2.75) is 32.4 Å². The number of likely N-dealkylation sites (N-methyl/N-ethyl adjacent to an activating group) is 1. The molecule has 1 unspecified atom stereocenters. The number of nitrogens with one attached hydrogen (secondary N) is 1. The summed E-state index contributed by atoms with van der Waals surface area (Å²) in [4.78, 5) is 27.9. The minimum atomic E-state index is -0.796. The molecule has 1 aliphatic rings. The Bertz CT molecular complexity index is 1680. The molecule has 0 fully saturated rings. The maximum Gasteiger partial charge on any atom is 0.343 e. The van der Waals surface area contributed by atoms with Gasteiger partial charge in [0.25, 0.3) is 5.91 Å². The van der Waals surface area contributed by atoms with Crippen LogP contribution < -0.4 is 30.2 Å².